The minimum absolute atomic E-state index is 0.0801. The molecule has 1 amide bonds. The van der Waals surface area contributed by atoms with Crippen LogP contribution >= 0.6 is 0 Å². The molecule has 1 atom stereocenters. The Morgan fingerprint density at radius 3 is 2.36 bits per heavy atom. The Labute approximate surface area is 164 Å². The van der Waals surface area contributed by atoms with E-state index in [0.717, 1.165) is 5.56 Å². The van der Waals surface area contributed by atoms with Crippen LogP contribution in [0, 0.1) is 0 Å². The number of rotatable bonds is 7. The first-order valence-corrected chi connectivity index (χ1v) is 9.14. The fourth-order valence-electron chi connectivity index (χ4n) is 3.31. The van der Waals surface area contributed by atoms with E-state index < -0.39 is 17.7 Å². The third kappa shape index (κ3) is 3.77. The topological polar surface area (TPSA) is 76.1 Å². The van der Waals surface area contributed by atoms with E-state index in [4.69, 9.17) is 9.47 Å². The lowest BCUT2D eigenvalue weighted by molar-refractivity contribution is -0.140. The first-order chi connectivity index (χ1) is 13.6. The lowest BCUT2D eigenvalue weighted by atomic mass is 9.95. The van der Waals surface area contributed by atoms with E-state index in [1.807, 2.05) is 13.0 Å². The van der Waals surface area contributed by atoms with Gasteiger partial charge in [-0.1, -0.05) is 42.5 Å². The lowest BCUT2D eigenvalue weighted by Crippen LogP contribution is -2.32. The van der Waals surface area contributed by atoms with E-state index in [2.05, 4.69) is 0 Å². The number of carbonyl (C=O) groups excluding carboxylic acids is 2. The molecule has 146 valence electrons. The van der Waals surface area contributed by atoms with Crippen molar-refractivity contribution in [2.75, 3.05) is 26.9 Å². The van der Waals surface area contributed by atoms with Gasteiger partial charge in [-0.25, -0.2) is 0 Å². The maximum Gasteiger partial charge on any atom is 0.295 e. The number of methoxy groups -OCH3 is 1. The van der Waals surface area contributed by atoms with Gasteiger partial charge >= 0.3 is 0 Å². The molecule has 6 heteroatoms. The zero-order valence-corrected chi connectivity index (χ0v) is 15.9. The quantitative estimate of drug-likeness (QED) is 0.453. The zero-order valence-electron chi connectivity index (χ0n) is 15.9. The number of ketones is 1. The molecular formula is C22H23NO5. The molecule has 0 aliphatic carbocycles. The average Bonchev–Trinajstić information content (AvgIpc) is 2.98. The summed E-state index contributed by atoms with van der Waals surface area (Å²) in [5.41, 5.74) is 1.29. The van der Waals surface area contributed by atoms with Crippen molar-refractivity contribution in [3.8, 4) is 5.75 Å². The third-order valence-corrected chi connectivity index (χ3v) is 4.63. The molecule has 2 aromatic carbocycles. The van der Waals surface area contributed by atoms with Crippen molar-refractivity contribution in [1.82, 2.24) is 4.90 Å². The van der Waals surface area contributed by atoms with E-state index in [1.54, 1.807) is 48.5 Å². The van der Waals surface area contributed by atoms with Crippen LogP contribution in [-0.2, 0) is 14.3 Å². The summed E-state index contributed by atoms with van der Waals surface area (Å²) in [5.74, 6) is -0.828. The van der Waals surface area contributed by atoms with Gasteiger partial charge in [-0.05, 0) is 24.6 Å². The number of benzene rings is 2. The minimum atomic E-state index is -0.698. The standard InChI is InChI=1S/C22H23NO5/c1-3-28-17-11-9-15(10-12-17)19-18(20(24)16-7-5-4-6-8-16)21(25)22(26)23(19)13-14-27-2/h4-12,19,24H,3,13-14H2,1-2H3/t19-/m0/s1. The molecule has 1 heterocycles. The highest BCUT2D eigenvalue weighted by molar-refractivity contribution is 6.46. The van der Waals surface area contributed by atoms with Crippen molar-refractivity contribution in [2.45, 2.75) is 13.0 Å². The number of hydrogen-bond donors (Lipinski definition) is 1. The Hall–Kier alpha value is -3.12. The van der Waals surface area contributed by atoms with Crippen LogP contribution in [0.15, 0.2) is 60.2 Å². The highest BCUT2D eigenvalue weighted by atomic mass is 16.5. The fraction of sp³-hybridized carbons (Fsp3) is 0.273. The summed E-state index contributed by atoms with van der Waals surface area (Å²) in [6.07, 6.45) is 0. The van der Waals surface area contributed by atoms with Gasteiger partial charge in [0.25, 0.3) is 11.7 Å². The highest BCUT2D eigenvalue weighted by Gasteiger charge is 2.45. The molecule has 1 aliphatic rings. The number of aliphatic hydroxyl groups excluding tert-OH is 1. The molecule has 1 fully saturated rings. The number of hydrogen-bond acceptors (Lipinski definition) is 5. The molecule has 1 saturated heterocycles. The Balaban J connectivity index is 2.10. The number of ether oxygens (including phenoxy) is 2. The van der Waals surface area contributed by atoms with Crippen LogP contribution in [0.1, 0.15) is 24.1 Å². The predicted octanol–water partition coefficient (Wildman–Crippen LogP) is 3.15. The normalized spacial score (nSPS) is 18.5. The summed E-state index contributed by atoms with van der Waals surface area (Å²) in [6.45, 7) is 2.96. The second-order valence-electron chi connectivity index (χ2n) is 6.35. The van der Waals surface area contributed by atoms with E-state index in [9.17, 15) is 14.7 Å². The monoisotopic (exact) mass is 381 g/mol. The van der Waals surface area contributed by atoms with Crippen LogP contribution in [0.25, 0.3) is 5.76 Å². The van der Waals surface area contributed by atoms with Crippen molar-refractivity contribution in [3.05, 3.63) is 71.3 Å². The van der Waals surface area contributed by atoms with Gasteiger partial charge in [-0.2, -0.15) is 0 Å². The summed E-state index contributed by atoms with van der Waals surface area (Å²) in [7, 11) is 1.53. The van der Waals surface area contributed by atoms with Gasteiger partial charge in [0.2, 0.25) is 0 Å². The van der Waals surface area contributed by atoms with Crippen molar-refractivity contribution >= 4 is 17.4 Å². The average molecular weight is 381 g/mol. The highest BCUT2D eigenvalue weighted by Crippen LogP contribution is 2.39. The van der Waals surface area contributed by atoms with Crippen molar-refractivity contribution in [3.63, 3.8) is 0 Å². The van der Waals surface area contributed by atoms with Gasteiger partial charge in [0.05, 0.1) is 24.8 Å². The predicted molar refractivity (Wildman–Crippen MR) is 105 cm³/mol. The summed E-state index contributed by atoms with van der Waals surface area (Å²) in [4.78, 5) is 26.9. The largest absolute Gasteiger partial charge is 0.507 e. The number of aliphatic hydroxyl groups is 1. The third-order valence-electron chi connectivity index (χ3n) is 4.63. The Morgan fingerprint density at radius 2 is 1.75 bits per heavy atom. The fourth-order valence-corrected chi connectivity index (χ4v) is 3.31. The number of likely N-dealkylation sites (tertiary alicyclic amines) is 1. The Morgan fingerprint density at radius 1 is 1.07 bits per heavy atom. The molecule has 2 aromatic rings. The van der Waals surface area contributed by atoms with Crippen molar-refractivity contribution in [2.24, 2.45) is 0 Å². The Kier molecular flexibility index (Phi) is 6.11. The molecule has 3 rings (SSSR count). The summed E-state index contributed by atoms with van der Waals surface area (Å²) in [6, 6.07) is 15.3. The maximum absolute atomic E-state index is 12.8. The van der Waals surface area contributed by atoms with Crippen molar-refractivity contribution < 1.29 is 24.2 Å². The van der Waals surface area contributed by atoms with Crippen LogP contribution in [0.3, 0.4) is 0 Å². The molecule has 1 aliphatic heterocycles. The van der Waals surface area contributed by atoms with Crippen LogP contribution in [0.5, 0.6) is 5.75 Å². The molecule has 0 saturated carbocycles. The Bertz CT molecular complexity index is 874. The van der Waals surface area contributed by atoms with Crippen LogP contribution in [-0.4, -0.2) is 48.6 Å². The van der Waals surface area contributed by atoms with E-state index in [1.165, 1.54) is 12.0 Å². The van der Waals surface area contributed by atoms with Crippen molar-refractivity contribution in [1.29, 1.82) is 0 Å². The minimum Gasteiger partial charge on any atom is -0.507 e. The summed E-state index contributed by atoms with van der Waals surface area (Å²) < 4.78 is 10.6. The van der Waals surface area contributed by atoms with Gasteiger partial charge < -0.3 is 19.5 Å². The molecule has 6 nitrogen and oxygen atoms in total. The van der Waals surface area contributed by atoms with Gasteiger partial charge in [-0.15, -0.1) is 0 Å². The smallest absolute Gasteiger partial charge is 0.295 e. The van der Waals surface area contributed by atoms with Gasteiger partial charge in [0, 0.05) is 19.2 Å². The molecular weight excluding hydrogens is 358 g/mol. The number of carbonyl (C=O) groups is 2. The van der Waals surface area contributed by atoms with E-state index in [-0.39, 0.29) is 24.5 Å². The number of Topliss-reactive ketones (excluding diaryl/α,β-unsaturated/α-hetero) is 1. The van der Waals surface area contributed by atoms with Gasteiger partial charge in [0.15, 0.2) is 0 Å². The summed E-state index contributed by atoms with van der Waals surface area (Å²) >= 11 is 0. The summed E-state index contributed by atoms with van der Waals surface area (Å²) in [5, 5.41) is 10.8. The van der Waals surface area contributed by atoms with Gasteiger partial charge in [0.1, 0.15) is 11.5 Å². The second-order valence-corrected chi connectivity index (χ2v) is 6.35. The second kappa shape index (κ2) is 8.71. The molecule has 0 unspecified atom stereocenters. The first kappa shape index (κ1) is 19.6. The van der Waals surface area contributed by atoms with Crippen LogP contribution in [0.4, 0.5) is 0 Å². The number of amides is 1. The number of nitrogens with zero attached hydrogens (tertiary/aromatic N) is 1. The van der Waals surface area contributed by atoms with Crippen LogP contribution in [0.2, 0.25) is 0 Å². The maximum atomic E-state index is 12.8. The molecule has 1 N–H and O–H groups in total. The molecule has 0 radical (unpaired) electrons. The molecule has 0 bridgehead atoms. The SMILES string of the molecule is CCOc1ccc([C@H]2C(=C(O)c3ccccc3)C(=O)C(=O)N2CCOC)cc1. The van der Waals surface area contributed by atoms with Crippen LogP contribution < -0.4 is 4.74 Å². The van der Waals surface area contributed by atoms with E-state index in [0.29, 0.717) is 17.9 Å². The molecule has 0 spiro atoms. The zero-order chi connectivity index (χ0) is 20.1. The van der Waals surface area contributed by atoms with E-state index >= 15 is 0 Å². The molecule has 0 aromatic heterocycles. The lowest BCUT2D eigenvalue weighted by Gasteiger charge is -2.25. The molecule has 28 heavy (non-hydrogen) atoms. The first-order valence-electron chi connectivity index (χ1n) is 9.14. The van der Waals surface area contributed by atoms with Gasteiger partial charge in [-0.3, -0.25) is 9.59 Å².